The topological polar surface area (TPSA) is 68.4 Å². The molecule has 4 aromatic rings. The summed E-state index contributed by atoms with van der Waals surface area (Å²) in [6.45, 7) is 0.888. The Kier molecular flexibility index (Phi) is 5.12. The average Bonchev–Trinajstić information content (AvgIpc) is 3.20. The number of aryl methyl sites for hydroxylation is 1. The number of nitrogens with zero attached hydrogens (tertiary/aromatic N) is 3. The highest BCUT2D eigenvalue weighted by Gasteiger charge is 2.11. The van der Waals surface area contributed by atoms with Crippen LogP contribution in [0.2, 0.25) is 5.02 Å². The second kappa shape index (κ2) is 7.86. The normalized spacial score (nSPS) is 11.2. The number of benzene rings is 1. The minimum absolute atomic E-state index is 0.0518. The molecule has 1 amide bonds. The molecule has 0 saturated carbocycles. The lowest BCUT2D eigenvalue weighted by atomic mass is 10.2. The number of aromatic nitrogens is 3. The lowest BCUT2D eigenvalue weighted by molar-refractivity contribution is -0.121. The van der Waals surface area contributed by atoms with E-state index >= 15 is 0 Å². The van der Waals surface area contributed by atoms with Gasteiger partial charge in [-0.3, -0.25) is 14.2 Å². The molecule has 3 aromatic heterocycles. The molecule has 0 fully saturated rings. The molecule has 0 radical (unpaired) electrons. The van der Waals surface area contributed by atoms with Gasteiger partial charge < -0.3 is 9.72 Å². The van der Waals surface area contributed by atoms with Gasteiger partial charge in [-0.05, 0) is 48.4 Å². The standard InChI is InChI=1S/C21H19ClN4O2/c22-16-9-7-15(8-10-16)14-24-19(27)6-3-13-26-20-17(4-1-11-23-20)25-12-2-5-18(25)21(26)28/h1-2,4-5,7-12H,3,6,13-14H2,(H,24,27). The molecule has 0 bridgehead atoms. The van der Waals surface area contributed by atoms with Crippen LogP contribution in [0.3, 0.4) is 0 Å². The summed E-state index contributed by atoms with van der Waals surface area (Å²) in [5.41, 5.74) is 2.99. The summed E-state index contributed by atoms with van der Waals surface area (Å²) in [6, 6.07) is 14.8. The largest absolute Gasteiger partial charge is 0.352 e. The summed E-state index contributed by atoms with van der Waals surface area (Å²) in [6.07, 6.45) is 4.41. The van der Waals surface area contributed by atoms with Gasteiger partial charge in [0, 0.05) is 36.9 Å². The lowest BCUT2D eigenvalue weighted by Gasteiger charge is -2.11. The highest BCUT2D eigenvalue weighted by molar-refractivity contribution is 6.30. The van der Waals surface area contributed by atoms with Crippen LogP contribution in [0.15, 0.2) is 65.7 Å². The molecule has 0 aliphatic rings. The Morgan fingerprint density at radius 2 is 1.86 bits per heavy atom. The molecule has 4 rings (SSSR count). The lowest BCUT2D eigenvalue weighted by Crippen LogP contribution is -2.26. The quantitative estimate of drug-likeness (QED) is 0.545. The van der Waals surface area contributed by atoms with Crippen LogP contribution >= 0.6 is 11.6 Å². The van der Waals surface area contributed by atoms with Crippen LogP contribution in [0.4, 0.5) is 0 Å². The third-order valence-electron chi connectivity index (χ3n) is 4.68. The zero-order valence-electron chi connectivity index (χ0n) is 15.1. The van der Waals surface area contributed by atoms with Gasteiger partial charge in [0.05, 0.1) is 5.52 Å². The molecule has 0 aliphatic carbocycles. The number of amides is 1. The van der Waals surface area contributed by atoms with Crippen LogP contribution in [0, 0.1) is 0 Å². The van der Waals surface area contributed by atoms with Crippen molar-refractivity contribution in [2.45, 2.75) is 25.9 Å². The van der Waals surface area contributed by atoms with Crippen molar-refractivity contribution in [2.75, 3.05) is 0 Å². The molecule has 0 aliphatic heterocycles. The van der Waals surface area contributed by atoms with Crippen molar-refractivity contribution in [3.8, 4) is 0 Å². The fourth-order valence-corrected chi connectivity index (χ4v) is 3.41. The summed E-state index contributed by atoms with van der Waals surface area (Å²) in [4.78, 5) is 29.3. The highest BCUT2D eigenvalue weighted by atomic mass is 35.5. The minimum atomic E-state index is -0.0993. The molecule has 142 valence electrons. The van der Waals surface area contributed by atoms with Gasteiger partial charge in [0.25, 0.3) is 5.56 Å². The Morgan fingerprint density at radius 1 is 1.07 bits per heavy atom. The van der Waals surface area contributed by atoms with E-state index in [9.17, 15) is 9.59 Å². The van der Waals surface area contributed by atoms with Crippen LogP contribution in [0.5, 0.6) is 0 Å². The number of carbonyl (C=O) groups excluding carboxylic acids is 1. The number of nitrogens with one attached hydrogen (secondary N) is 1. The van der Waals surface area contributed by atoms with Crippen molar-refractivity contribution in [1.82, 2.24) is 19.3 Å². The van der Waals surface area contributed by atoms with Gasteiger partial charge in [0.2, 0.25) is 5.91 Å². The zero-order valence-corrected chi connectivity index (χ0v) is 15.9. The van der Waals surface area contributed by atoms with Crippen LogP contribution in [-0.4, -0.2) is 19.9 Å². The molecular weight excluding hydrogens is 376 g/mol. The van der Waals surface area contributed by atoms with E-state index < -0.39 is 0 Å². The fourth-order valence-electron chi connectivity index (χ4n) is 3.28. The van der Waals surface area contributed by atoms with E-state index in [-0.39, 0.29) is 11.5 Å². The molecule has 0 saturated heterocycles. The van der Waals surface area contributed by atoms with E-state index in [1.165, 1.54) is 0 Å². The number of rotatable bonds is 6. The number of carbonyl (C=O) groups is 1. The molecule has 6 nitrogen and oxygen atoms in total. The van der Waals surface area contributed by atoms with Gasteiger partial charge in [-0.1, -0.05) is 23.7 Å². The number of halogens is 1. The number of hydrogen-bond acceptors (Lipinski definition) is 3. The van der Waals surface area contributed by atoms with Crippen molar-refractivity contribution in [1.29, 1.82) is 0 Å². The minimum Gasteiger partial charge on any atom is -0.352 e. The number of hydrogen-bond donors (Lipinski definition) is 1. The fraction of sp³-hybridized carbons (Fsp3) is 0.190. The van der Waals surface area contributed by atoms with Crippen molar-refractivity contribution in [3.05, 3.63) is 81.9 Å². The smallest absolute Gasteiger partial charge is 0.276 e. The first-order valence-electron chi connectivity index (χ1n) is 9.09. The van der Waals surface area contributed by atoms with Gasteiger partial charge in [-0.25, -0.2) is 4.98 Å². The Hall–Kier alpha value is -3.12. The molecule has 1 aromatic carbocycles. The third-order valence-corrected chi connectivity index (χ3v) is 4.93. The van der Waals surface area contributed by atoms with Gasteiger partial charge in [0.1, 0.15) is 5.52 Å². The maximum atomic E-state index is 12.8. The van der Waals surface area contributed by atoms with Gasteiger partial charge in [0.15, 0.2) is 5.65 Å². The third kappa shape index (κ3) is 3.64. The van der Waals surface area contributed by atoms with E-state index in [4.69, 9.17) is 11.6 Å². The summed E-state index contributed by atoms with van der Waals surface area (Å²) in [7, 11) is 0. The zero-order chi connectivity index (χ0) is 19.5. The molecule has 28 heavy (non-hydrogen) atoms. The number of pyridine rings is 1. The van der Waals surface area contributed by atoms with Crippen LogP contribution in [0.25, 0.3) is 16.7 Å². The molecule has 0 atom stereocenters. The monoisotopic (exact) mass is 394 g/mol. The van der Waals surface area contributed by atoms with Gasteiger partial charge in [-0.2, -0.15) is 0 Å². The van der Waals surface area contributed by atoms with Crippen molar-refractivity contribution in [2.24, 2.45) is 0 Å². The van der Waals surface area contributed by atoms with Gasteiger partial charge >= 0.3 is 0 Å². The van der Waals surface area contributed by atoms with E-state index in [2.05, 4.69) is 10.3 Å². The molecule has 7 heteroatoms. The Balaban J connectivity index is 1.44. The predicted molar refractivity (Wildman–Crippen MR) is 109 cm³/mol. The molecular formula is C21H19ClN4O2. The van der Waals surface area contributed by atoms with Crippen molar-refractivity contribution in [3.63, 3.8) is 0 Å². The maximum Gasteiger partial charge on any atom is 0.276 e. The summed E-state index contributed by atoms with van der Waals surface area (Å²) < 4.78 is 3.50. The maximum absolute atomic E-state index is 12.8. The highest BCUT2D eigenvalue weighted by Crippen LogP contribution is 2.13. The number of fused-ring (bicyclic) bond motifs is 3. The summed E-state index contributed by atoms with van der Waals surface area (Å²) in [5, 5.41) is 3.56. The predicted octanol–water partition coefficient (Wildman–Crippen LogP) is 3.40. The molecule has 3 heterocycles. The van der Waals surface area contributed by atoms with Gasteiger partial charge in [-0.15, -0.1) is 0 Å². The van der Waals surface area contributed by atoms with Crippen molar-refractivity contribution < 1.29 is 4.79 Å². The molecule has 1 N–H and O–H groups in total. The second-order valence-electron chi connectivity index (χ2n) is 6.57. The first kappa shape index (κ1) is 18.3. The first-order chi connectivity index (χ1) is 13.6. The SMILES string of the molecule is O=C(CCCn1c(=O)c2cccn2c2cccnc21)NCc1ccc(Cl)cc1. The molecule has 0 unspecified atom stereocenters. The summed E-state index contributed by atoms with van der Waals surface area (Å²) in [5.74, 6) is -0.0518. The Morgan fingerprint density at radius 3 is 2.68 bits per heavy atom. The summed E-state index contributed by atoms with van der Waals surface area (Å²) >= 11 is 5.86. The van der Waals surface area contributed by atoms with E-state index in [0.29, 0.717) is 42.1 Å². The van der Waals surface area contributed by atoms with Crippen LogP contribution in [0.1, 0.15) is 18.4 Å². The van der Waals surface area contributed by atoms with Crippen molar-refractivity contribution >= 4 is 34.2 Å². The first-order valence-corrected chi connectivity index (χ1v) is 9.47. The van der Waals surface area contributed by atoms with E-state index in [0.717, 1.165) is 11.1 Å². The molecule has 0 spiro atoms. The van der Waals surface area contributed by atoms with E-state index in [1.807, 2.05) is 40.9 Å². The van der Waals surface area contributed by atoms with E-state index in [1.54, 1.807) is 29.0 Å². The average molecular weight is 395 g/mol. The van der Waals surface area contributed by atoms with Crippen LogP contribution in [-0.2, 0) is 17.9 Å². The Labute approximate surface area is 166 Å². The second-order valence-corrected chi connectivity index (χ2v) is 7.01. The van der Waals surface area contributed by atoms with Crippen LogP contribution < -0.4 is 10.9 Å². The Bertz CT molecular complexity index is 1190.